The molecule has 0 unspecified atom stereocenters. The Hall–Kier alpha value is -2.07. The summed E-state index contributed by atoms with van der Waals surface area (Å²) in [5, 5.41) is 0.177. The number of benzene rings is 1. The fraction of sp³-hybridized carbons (Fsp3) is 0.143. The fourth-order valence-electron chi connectivity index (χ4n) is 1.47. The molecule has 2 rings (SSSR count). The normalized spacial score (nSPS) is 10.0. The fourth-order valence-corrected chi connectivity index (χ4v) is 1.67. The van der Waals surface area contributed by atoms with Crippen molar-refractivity contribution in [1.29, 1.82) is 0 Å². The first kappa shape index (κ1) is 13.4. The lowest BCUT2D eigenvalue weighted by Gasteiger charge is -2.07. The first-order valence-electron chi connectivity index (χ1n) is 5.76. The van der Waals surface area contributed by atoms with E-state index >= 15 is 0 Å². The van der Waals surface area contributed by atoms with Gasteiger partial charge in [-0.05, 0) is 25.1 Å². The maximum atomic E-state index is 11.6. The number of para-hydroxylation sites is 1. The van der Waals surface area contributed by atoms with E-state index in [-0.39, 0.29) is 11.0 Å². The van der Waals surface area contributed by atoms with Gasteiger partial charge in [-0.25, -0.2) is 9.78 Å². The van der Waals surface area contributed by atoms with Gasteiger partial charge in [0.1, 0.15) is 10.9 Å². The molecule has 0 aliphatic heterocycles. The number of nitrogens with zero attached hydrogens (tertiary/aromatic N) is 1. The molecule has 19 heavy (non-hydrogen) atoms. The van der Waals surface area contributed by atoms with Crippen LogP contribution in [0.1, 0.15) is 17.3 Å². The summed E-state index contributed by atoms with van der Waals surface area (Å²) < 4.78 is 10.4. The third kappa shape index (κ3) is 3.69. The average Bonchev–Trinajstić information content (AvgIpc) is 2.39. The molecule has 0 saturated carbocycles. The van der Waals surface area contributed by atoms with Gasteiger partial charge in [0.05, 0.1) is 12.2 Å². The third-order valence-electron chi connectivity index (χ3n) is 2.25. The Kier molecular flexibility index (Phi) is 4.36. The lowest BCUT2D eigenvalue weighted by molar-refractivity contribution is 0.0526. The molecular formula is C14H12ClNO3. The van der Waals surface area contributed by atoms with E-state index in [0.717, 1.165) is 0 Å². The second-order valence-corrected chi connectivity index (χ2v) is 4.04. The highest BCUT2D eigenvalue weighted by Gasteiger charge is 2.11. The molecule has 0 aliphatic rings. The van der Waals surface area contributed by atoms with Crippen LogP contribution in [-0.2, 0) is 4.74 Å². The van der Waals surface area contributed by atoms with Crippen LogP contribution in [0.4, 0.5) is 0 Å². The highest BCUT2D eigenvalue weighted by Crippen LogP contribution is 2.22. The summed E-state index contributed by atoms with van der Waals surface area (Å²) in [5.41, 5.74) is 0.313. The summed E-state index contributed by atoms with van der Waals surface area (Å²) >= 11 is 5.86. The Bertz CT molecular complexity index is 572. The number of aromatic nitrogens is 1. The van der Waals surface area contributed by atoms with E-state index in [4.69, 9.17) is 21.1 Å². The molecule has 0 amide bonds. The number of hydrogen-bond acceptors (Lipinski definition) is 4. The Balaban J connectivity index is 2.24. The van der Waals surface area contributed by atoms with Crippen molar-refractivity contribution in [2.24, 2.45) is 0 Å². The molecule has 0 atom stereocenters. The monoisotopic (exact) mass is 277 g/mol. The molecular weight excluding hydrogens is 266 g/mol. The van der Waals surface area contributed by atoms with Gasteiger partial charge < -0.3 is 9.47 Å². The first-order chi connectivity index (χ1) is 9.19. The number of ether oxygens (including phenoxy) is 2. The van der Waals surface area contributed by atoms with Gasteiger partial charge in [-0.15, -0.1) is 0 Å². The topological polar surface area (TPSA) is 48.4 Å². The number of carbonyl (C=O) groups excluding carboxylic acids is 1. The highest BCUT2D eigenvalue weighted by atomic mass is 35.5. The van der Waals surface area contributed by atoms with Crippen LogP contribution in [0.3, 0.4) is 0 Å². The summed E-state index contributed by atoms with van der Waals surface area (Å²) in [6.45, 7) is 2.04. The summed E-state index contributed by atoms with van der Waals surface area (Å²) in [7, 11) is 0. The number of pyridine rings is 1. The molecule has 1 aromatic carbocycles. The molecule has 0 N–H and O–H groups in total. The Morgan fingerprint density at radius 2 is 2.00 bits per heavy atom. The van der Waals surface area contributed by atoms with E-state index in [2.05, 4.69) is 4.98 Å². The summed E-state index contributed by atoms with van der Waals surface area (Å²) in [6.07, 6.45) is 0. The van der Waals surface area contributed by atoms with Crippen LogP contribution >= 0.6 is 11.6 Å². The van der Waals surface area contributed by atoms with Gasteiger partial charge in [-0.3, -0.25) is 0 Å². The molecule has 5 heteroatoms. The van der Waals surface area contributed by atoms with Gasteiger partial charge in [0, 0.05) is 6.07 Å². The molecule has 0 spiro atoms. The minimum absolute atomic E-state index is 0.177. The predicted molar refractivity (Wildman–Crippen MR) is 71.7 cm³/mol. The van der Waals surface area contributed by atoms with Gasteiger partial charge in [-0.1, -0.05) is 29.8 Å². The average molecular weight is 278 g/mol. The Labute approximate surface area is 115 Å². The van der Waals surface area contributed by atoms with E-state index in [1.807, 2.05) is 18.2 Å². The zero-order chi connectivity index (χ0) is 13.7. The largest absolute Gasteiger partial charge is 0.462 e. The van der Waals surface area contributed by atoms with Gasteiger partial charge >= 0.3 is 5.97 Å². The highest BCUT2D eigenvalue weighted by molar-refractivity contribution is 6.29. The van der Waals surface area contributed by atoms with Crippen LogP contribution in [0, 0.1) is 0 Å². The van der Waals surface area contributed by atoms with Crippen LogP contribution in [-0.4, -0.2) is 17.6 Å². The Morgan fingerprint density at radius 3 is 2.68 bits per heavy atom. The number of hydrogen-bond donors (Lipinski definition) is 0. The first-order valence-corrected chi connectivity index (χ1v) is 6.14. The van der Waals surface area contributed by atoms with Crippen molar-refractivity contribution in [2.45, 2.75) is 6.92 Å². The third-order valence-corrected chi connectivity index (χ3v) is 2.44. The Morgan fingerprint density at radius 1 is 1.26 bits per heavy atom. The second-order valence-electron chi connectivity index (χ2n) is 3.65. The van der Waals surface area contributed by atoms with Crippen molar-refractivity contribution in [2.75, 3.05) is 6.61 Å². The molecule has 2 aromatic rings. The van der Waals surface area contributed by atoms with Crippen LogP contribution in [0.5, 0.6) is 11.6 Å². The maximum absolute atomic E-state index is 11.6. The van der Waals surface area contributed by atoms with E-state index < -0.39 is 5.97 Å². The predicted octanol–water partition coefficient (Wildman–Crippen LogP) is 3.70. The van der Waals surface area contributed by atoms with Crippen molar-refractivity contribution in [1.82, 2.24) is 4.98 Å². The molecule has 98 valence electrons. The summed E-state index contributed by atoms with van der Waals surface area (Å²) in [5.74, 6) is 0.415. The van der Waals surface area contributed by atoms with Crippen molar-refractivity contribution in [3.05, 3.63) is 53.2 Å². The van der Waals surface area contributed by atoms with Gasteiger partial charge in [0.2, 0.25) is 5.88 Å². The van der Waals surface area contributed by atoms with Crippen molar-refractivity contribution in [3.63, 3.8) is 0 Å². The van der Waals surface area contributed by atoms with Crippen LogP contribution in [0.25, 0.3) is 0 Å². The van der Waals surface area contributed by atoms with Gasteiger partial charge in [-0.2, -0.15) is 0 Å². The molecule has 0 fully saturated rings. The summed E-state index contributed by atoms with van der Waals surface area (Å²) in [6, 6.07) is 12.1. The van der Waals surface area contributed by atoms with E-state index in [9.17, 15) is 4.79 Å². The smallest absolute Gasteiger partial charge is 0.338 e. The molecule has 0 radical (unpaired) electrons. The molecule has 0 aliphatic carbocycles. The lowest BCUT2D eigenvalue weighted by Crippen LogP contribution is -2.05. The SMILES string of the molecule is CCOC(=O)c1cc(Cl)nc(Oc2ccccc2)c1. The van der Waals surface area contributed by atoms with E-state index in [0.29, 0.717) is 17.9 Å². The van der Waals surface area contributed by atoms with Crippen molar-refractivity contribution >= 4 is 17.6 Å². The lowest BCUT2D eigenvalue weighted by atomic mass is 10.2. The van der Waals surface area contributed by atoms with Crippen molar-refractivity contribution < 1.29 is 14.3 Å². The summed E-state index contributed by atoms with van der Waals surface area (Å²) in [4.78, 5) is 15.6. The van der Waals surface area contributed by atoms with Gasteiger partial charge in [0.15, 0.2) is 0 Å². The van der Waals surface area contributed by atoms with E-state index in [1.54, 1.807) is 19.1 Å². The zero-order valence-electron chi connectivity index (χ0n) is 10.3. The van der Waals surface area contributed by atoms with Crippen molar-refractivity contribution in [3.8, 4) is 11.6 Å². The minimum atomic E-state index is -0.454. The second kappa shape index (κ2) is 6.20. The zero-order valence-corrected chi connectivity index (χ0v) is 11.1. The number of rotatable bonds is 4. The maximum Gasteiger partial charge on any atom is 0.338 e. The molecule has 1 aromatic heterocycles. The van der Waals surface area contributed by atoms with Crippen LogP contribution in [0.2, 0.25) is 5.15 Å². The minimum Gasteiger partial charge on any atom is -0.462 e. The van der Waals surface area contributed by atoms with Crippen LogP contribution in [0.15, 0.2) is 42.5 Å². The molecule has 0 bridgehead atoms. The quantitative estimate of drug-likeness (QED) is 0.631. The van der Waals surface area contributed by atoms with E-state index in [1.165, 1.54) is 12.1 Å². The number of carbonyl (C=O) groups is 1. The molecule has 0 saturated heterocycles. The number of halogens is 1. The van der Waals surface area contributed by atoms with Gasteiger partial charge in [0.25, 0.3) is 0 Å². The molecule has 4 nitrogen and oxygen atoms in total. The van der Waals surface area contributed by atoms with Crippen LogP contribution < -0.4 is 4.74 Å². The standard InChI is InChI=1S/C14H12ClNO3/c1-2-18-14(17)10-8-12(15)16-13(9-10)19-11-6-4-3-5-7-11/h3-9H,2H2,1H3. The molecule has 1 heterocycles. The number of esters is 1.